The predicted octanol–water partition coefficient (Wildman–Crippen LogP) is 3.38. The first kappa shape index (κ1) is 16.9. The summed E-state index contributed by atoms with van der Waals surface area (Å²) in [5.41, 5.74) is 6.98. The topological polar surface area (TPSA) is 78.0 Å². The Bertz CT molecular complexity index is 990. The molecule has 5 nitrogen and oxygen atoms in total. The van der Waals surface area contributed by atoms with Crippen LogP contribution in [0.5, 0.6) is 0 Å². The van der Waals surface area contributed by atoms with E-state index in [1.807, 2.05) is 31.2 Å². The number of rotatable bonds is 4. The largest absolute Gasteiger partial charge is 0.370 e. The molecule has 1 amide bonds. The third-order valence-corrected chi connectivity index (χ3v) is 5.42. The van der Waals surface area contributed by atoms with Gasteiger partial charge in [-0.05, 0) is 31.5 Å². The monoisotopic (exact) mass is 405 g/mol. The number of aromatic nitrogens is 2. The molecule has 2 N–H and O–H groups in total. The van der Waals surface area contributed by atoms with E-state index in [4.69, 9.17) is 5.73 Å². The molecule has 0 aliphatic carbocycles. The molecular weight excluding hydrogens is 390 g/mol. The second kappa shape index (κ2) is 6.49. The Morgan fingerprint density at radius 3 is 2.58 bits per heavy atom. The molecule has 124 valence electrons. The zero-order valence-electron chi connectivity index (χ0n) is 13.3. The molecule has 3 rings (SSSR count). The van der Waals surface area contributed by atoms with Gasteiger partial charge in [0.2, 0.25) is 5.91 Å². The third-order valence-electron chi connectivity index (χ3n) is 3.89. The normalized spacial score (nSPS) is 11.1. The minimum absolute atomic E-state index is 0.116. The van der Waals surface area contributed by atoms with E-state index < -0.39 is 5.91 Å². The van der Waals surface area contributed by atoms with E-state index >= 15 is 0 Å². The number of hydrogen-bond donors (Lipinski definition) is 1. The Morgan fingerprint density at radius 2 is 1.96 bits per heavy atom. The van der Waals surface area contributed by atoms with Crippen molar-refractivity contribution in [3.63, 3.8) is 0 Å². The van der Waals surface area contributed by atoms with Gasteiger partial charge in [0.05, 0.1) is 5.39 Å². The molecule has 3 aromatic rings. The Balaban J connectivity index is 2.25. The number of fused-ring (bicyclic) bond motifs is 1. The maximum Gasteiger partial charge on any atom is 0.262 e. The van der Waals surface area contributed by atoms with Crippen LogP contribution >= 0.6 is 27.3 Å². The molecule has 2 heterocycles. The molecular formula is C17H16BrN3O2S. The van der Waals surface area contributed by atoms with Gasteiger partial charge in [0.15, 0.2) is 0 Å². The lowest BCUT2D eigenvalue weighted by Crippen LogP contribution is -2.26. The third kappa shape index (κ3) is 3.01. The molecule has 0 saturated heterocycles. The standard InChI is InChI=1S/C17H16BrN3O2S/c1-9-14(11-3-5-12(18)6-4-11)15-16(24-9)20-10(2)21(17(15)23)8-7-13(19)22/h3-6H,7-8H2,1-2H3,(H2,19,22). The fourth-order valence-corrected chi connectivity index (χ4v) is 4.09. The van der Waals surface area contributed by atoms with Crippen molar-refractivity contribution in [2.75, 3.05) is 0 Å². The van der Waals surface area contributed by atoms with Gasteiger partial charge >= 0.3 is 0 Å². The number of primary amides is 1. The highest BCUT2D eigenvalue weighted by atomic mass is 79.9. The van der Waals surface area contributed by atoms with Crippen LogP contribution in [0.25, 0.3) is 21.3 Å². The van der Waals surface area contributed by atoms with Crippen molar-refractivity contribution in [2.45, 2.75) is 26.8 Å². The summed E-state index contributed by atoms with van der Waals surface area (Å²) in [7, 11) is 0. The molecule has 0 aliphatic rings. The van der Waals surface area contributed by atoms with Gasteiger partial charge in [-0.2, -0.15) is 0 Å². The average molecular weight is 406 g/mol. The van der Waals surface area contributed by atoms with Gasteiger partial charge in [-0.25, -0.2) is 4.98 Å². The molecule has 0 bridgehead atoms. The van der Waals surface area contributed by atoms with Crippen molar-refractivity contribution in [1.29, 1.82) is 0 Å². The molecule has 2 aromatic heterocycles. The van der Waals surface area contributed by atoms with E-state index in [2.05, 4.69) is 20.9 Å². The van der Waals surface area contributed by atoms with E-state index in [1.54, 1.807) is 6.92 Å². The van der Waals surface area contributed by atoms with Crippen molar-refractivity contribution in [3.8, 4) is 11.1 Å². The highest BCUT2D eigenvalue weighted by molar-refractivity contribution is 9.10. The van der Waals surface area contributed by atoms with Crippen molar-refractivity contribution < 1.29 is 4.79 Å². The Hall–Kier alpha value is -1.99. The van der Waals surface area contributed by atoms with Gasteiger partial charge in [0.1, 0.15) is 10.7 Å². The maximum atomic E-state index is 13.0. The van der Waals surface area contributed by atoms with Crippen LogP contribution in [0.4, 0.5) is 0 Å². The smallest absolute Gasteiger partial charge is 0.262 e. The fraction of sp³-hybridized carbons (Fsp3) is 0.235. The molecule has 0 saturated carbocycles. The summed E-state index contributed by atoms with van der Waals surface area (Å²) in [6.07, 6.45) is 0.116. The number of aryl methyl sites for hydroxylation is 2. The van der Waals surface area contributed by atoms with E-state index in [1.165, 1.54) is 15.9 Å². The SMILES string of the molecule is Cc1sc2nc(C)n(CCC(N)=O)c(=O)c2c1-c1ccc(Br)cc1. The maximum absolute atomic E-state index is 13.0. The van der Waals surface area contributed by atoms with Gasteiger partial charge in [-0.1, -0.05) is 28.1 Å². The second-order valence-electron chi connectivity index (χ2n) is 5.55. The van der Waals surface area contributed by atoms with Gasteiger partial charge in [0, 0.05) is 27.9 Å². The summed E-state index contributed by atoms with van der Waals surface area (Å²) in [5.74, 6) is 0.161. The average Bonchev–Trinajstić information content (AvgIpc) is 2.83. The number of hydrogen-bond acceptors (Lipinski definition) is 4. The number of amides is 1. The van der Waals surface area contributed by atoms with Crippen LogP contribution in [0.1, 0.15) is 17.1 Å². The van der Waals surface area contributed by atoms with Crippen LogP contribution in [-0.4, -0.2) is 15.5 Å². The lowest BCUT2D eigenvalue weighted by Gasteiger charge is -2.09. The van der Waals surface area contributed by atoms with Crippen molar-refractivity contribution in [2.24, 2.45) is 5.73 Å². The van der Waals surface area contributed by atoms with Gasteiger partial charge in [-0.3, -0.25) is 14.2 Å². The molecule has 0 radical (unpaired) electrons. The summed E-state index contributed by atoms with van der Waals surface area (Å²) < 4.78 is 2.51. The number of benzene rings is 1. The summed E-state index contributed by atoms with van der Waals surface area (Å²) in [4.78, 5) is 30.4. The molecule has 7 heteroatoms. The highest BCUT2D eigenvalue weighted by Crippen LogP contribution is 2.36. The molecule has 24 heavy (non-hydrogen) atoms. The lowest BCUT2D eigenvalue weighted by atomic mass is 10.0. The van der Waals surface area contributed by atoms with Crippen LogP contribution < -0.4 is 11.3 Å². The van der Waals surface area contributed by atoms with Crippen molar-refractivity contribution in [3.05, 3.63) is 49.8 Å². The molecule has 0 fully saturated rings. The molecule has 1 aromatic carbocycles. The zero-order valence-corrected chi connectivity index (χ0v) is 15.7. The number of nitrogens with zero attached hydrogens (tertiary/aromatic N) is 2. The van der Waals surface area contributed by atoms with E-state index in [0.29, 0.717) is 11.2 Å². The fourth-order valence-electron chi connectivity index (χ4n) is 2.75. The Labute approximate surface area is 151 Å². The highest BCUT2D eigenvalue weighted by Gasteiger charge is 2.18. The van der Waals surface area contributed by atoms with Crippen LogP contribution in [0, 0.1) is 13.8 Å². The number of carbonyl (C=O) groups excluding carboxylic acids is 1. The predicted molar refractivity (Wildman–Crippen MR) is 100 cm³/mol. The first-order chi connectivity index (χ1) is 11.4. The lowest BCUT2D eigenvalue weighted by molar-refractivity contribution is -0.118. The Kier molecular flexibility index (Phi) is 4.56. The van der Waals surface area contributed by atoms with Crippen LogP contribution in [-0.2, 0) is 11.3 Å². The van der Waals surface area contributed by atoms with E-state index in [-0.39, 0.29) is 18.5 Å². The van der Waals surface area contributed by atoms with E-state index in [0.717, 1.165) is 25.3 Å². The zero-order chi connectivity index (χ0) is 17.4. The molecule has 0 spiro atoms. The molecule has 0 unspecified atom stereocenters. The summed E-state index contributed by atoms with van der Waals surface area (Å²) in [6, 6.07) is 7.86. The Morgan fingerprint density at radius 1 is 1.29 bits per heavy atom. The van der Waals surface area contributed by atoms with E-state index in [9.17, 15) is 9.59 Å². The first-order valence-electron chi connectivity index (χ1n) is 7.43. The van der Waals surface area contributed by atoms with Crippen LogP contribution in [0.3, 0.4) is 0 Å². The number of nitrogens with two attached hydrogens (primary N) is 1. The van der Waals surface area contributed by atoms with Crippen LogP contribution in [0.2, 0.25) is 0 Å². The van der Waals surface area contributed by atoms with Gasteiger partial charge < -0.3 is 5.73 Å². The van der Waals surface area contributed by atoms with Crippen molar-refractivity contribution in [1.82, 2.24) is 9.55 Å². The van der Waals surface area contributed by atoms with Crippen LogP contribution in [0.15, 0.2) is 33.5 Å². The second-order valence-corrected chi connectivity index (χ2v) is 7.67. The molecule has 0 aliphatic heterocycles. The number of thiophene rings is 1. The minimum Gasteiger partial charge on any atom is -0.370 e. The molecule has 0 atom stereocenters. The van der Waals surface area contributed by atoms with Gasteiger partial charge in [-0.15, -0.1) is 11.3 Å². The number of halogens is 1. The quantitative estimate of drug-likeness (QED) is 0.722. The van der Waals surface area contributed by atoms with Gasteiger partial charge in [0.25, 0.3) is 5.56 Å². The summed E-state index contributed by atoms with van der Waals surface area (Å²) in [5, 5.41) is 0.606. The minimum atomic E-state index is -0.434. The summed E-state index contributed by atoms with van der Waals surface area (Å²) in [6.45, 7) is 4.01. The first-order valence-corrected chi connectivity index (χ1v) is 9.04. The summed E-state index contributed by atoms with van der Waals surface area (Å²) >= 11 is 4.94. The number of carbonyl (C=O) groups is 1. The van der Waals surface area contributed by atoms with Crippen molar-refractivity contribution >= 4 is 43.4 Å².